The van der Waals surface area contributed by atoms with Gasteiger partial charge >= 0.3 is 11.9 Å². The number of methoxy groups -OCH3 is 1. The number of carbonyl (C=O) groups excluding carboxylic acids is 2. The maximum Gasteiger partial charge on any atom is 0.338 e. The Bertz CT molecular complexity index is 1420. The Hall–Kier alpha value is -3.83. The van der Waals surface area contributed by atoms with Crippen molar-refractivity contribution in [3.05, 3.63) is 113 Å². The van der Waals surface area contributed by atoms with Gasteiger partial charge in [0.1, 0.15) is 18.8 Å². The van der Waals surface area contributed by atoms with Crippen molar-refractivity contribution in [2.24, 2.45) is 0 Å². The van der Waals surface area contributed by atoms with E-state index in [-0.39, 0.29) is 31.0 Å². The molecule has 0 aromatic heterocycles. The number of esters is 2. The van der Waals surface area contributed by atoms with Gasteiger partial charge in [0, 0.05) is 37.5 Å². The molecule has 41 heavy (non-hydrogen) atoms. The summed E-state index contributed by atoms with van der Waals surface area (Å²) in [6.07, 6.45) is -3.14. The Kier molecular flexibility index (Phi) is 10.4. The van der Waals surface area contributed by atoms with Crippen LogP contribution >= 0.6 is 0 Å². The Labute approximate surface area is 239 Å². The lowest BCUT2D eigenvalue weighted by molar-refractivity contribution is -0.0540. The molecule has 4 rings (SSSR count). The minimum Gasteiger partial charge on any atom is -0.458 e. The zero-order valence-electron chi connectivity index (χ0n) is 22.5. The van der Waals surface area contributed by atoms with Gasteiger partial charge in [0.15, 0.2) is 9.84 Å². The van der Waals surface area contributed by atoms with Crippen LogP contribution in [0.1, 0.15) is 33.6 Å². The highest BCUT2D eigenvalue weighted by Gasteiger charge is 2.42. The summed E-state index contributed by atoms with van der Waals surface area (Å²) in [5.74, 6) is -1.21. The molecule has 0 saturated carbocycles. The van der Waals surface area contributed by atoms with Crippen LogP contribution < -0.4 is 0 Å². The lowest BCUT2D eigenvalue weighted by atomic mass is 10.00. The van der Waals surface area contributed by atoms with Gasteiger partial charge in [-0.15, -0.1) is 0 Å². The zero-order chi connectivity index (χ0) is 29.2. The van der Waals surface area contributed by atoms with E-state index in [4.69, 9.17) is 18.9 Å². The molecule has 4 atom stereocenters. The molecule has 10 heteroatoms. The van der Waals surface area contributed by atoms with Gasteiger partial charge in [0.05, 0.1) is 28.2 Å². The fourth-order valence-electron chi connectivity index (χ4n) is 4.61. The van der Waals surface area contributed by atoms with Gasteiger partial charge in [0.25, 0.3) is 0 Å². The summed E-state index contributed by atoms with van der Waals surface area (Å²) in [6.45, 7) is -0.522. The molecule has 1 saturated heterocycles. The van der Waals surface area contributed by atoms with Crippen LogP contribution in [-0.4, -0.2) is 70.2 Å². The van der Waals surface area contributed by atoms with Gasteiger partial charge in [-0.3, -0.25) is 0 Å². The van der Waals surface area contributed by atoms with E-state index in [0.29, 0.717) is 16.7 Å². The maximum atomic E-state index is 13.2. The van der Waals surface area contributed by atoms with E-state index in [1.165, 1.54) is 19.2 Å². The molecular weight excluding hydrogens is 548 g/mol. The molecule has 1 aliphatic heterocycles. The molecule has 1 N–H and O–H groups in total. The number of hydrogen-bond acceptors (Lipinski definition) is 9. The zero-order valence-corrected chi connectivity index (χ0v) is 23.3. The number of aliphatic hydroxyl groups is 1. The van der Waals surface area contributed by atoms with Gasteiger partial charge in [-0.05, 0) is 36.4 Å². The molecule has 1 aliphatic rings. The average molecular weight is 581 g/mol. The number of ether oxygens (including phenoxy) is 4. The minimum atomic E-state index is -3.86. The van der Waals surface area contributed by atoms with E-state index in [1.807, 2.05) is 0 Å². The van der Waals surface area contributed by atoms with Gasteiger partial charge in [-0.2, -0.15) is 0 Å². The number of sulfone groups is 1. The second kappa shape index (κ2) is 14.2. The third kappa shape index (κ3) is 7.89. The Morgan fingerprint density at radius 1 is 0.902 bits per heavy atom. The molecule has 0 spiro atoms. The van der Waals surface area contributed by atoms with Crippen molar-refractivity contribution in [1.29, 1.82) is 0 Å². The average Bonchev–Trinajstić information content (AvgIpc) is 3.31. The molecule has 216 valence electrons. The quantitative estimate of drug-likeness (QED) is 0.317. The van der Waals surface area contributed by atoms with Gasteiger partial charge in [-0.25, -0.2) is 18.0 Å². The first-order valence-electron chi connectivity index (χ1n) is 13.1. The molecule has 0 bridgehead atoms. The first kappa shape index (κ1) is 30.1. The van der Waals surface area contributed by atoms with Crippen molar-refractivity contribution in [3.63, 3.8) is 0 Å². The first-order chi connectivity index (χ1) is 19.8. The highest BCUT2D eigenvalue weighted by atomic mass is 32.2. The monoisotopic (exact) mass is 580 g/mol. The van der Waals surface area contributed by atoms with Crippen LogP contribution in [0.3, 0.4) is 0 Å². The van der Waals surface area contributed by atoms with Crippen molar-refractivity contribution in [1.82, 2.24) is 0 Å². The maximum absolute atomic E-state index is 13.2. The van der Waals surface area contributed by atoms with Crippen molar-refractivity contribution in [3.8, 4) is 0 Å². The summed E-state index contributed by atoms with van der Waals surface area (Å²) in [7, 11) is -2.43. The highest BCUT2D eigenvalue weighted by molar-refractivity contribution is 7.94. The smallest absolute Gasteiger partial charge is 0.338 e. The normalized spacial score (nSPS) is 20.4. The molecule has 0 unspecified atom stereocenters. The molecule has 3 aromatic rings. The standard InChI is InChI=1S/C31H32O9S/c1-37-29-26(21-41(35,36)25-15-9-4-10-16-25)27(17-18-32)40-28(29)19-24(39-31(34)23-13-7-3-8-14-23)20-38-30(33)22-11-5-2-6-12-22/h2-16,21,24,27-29,32H,17-20H2,1H3/b26-21-/t24-,27-,28+,29+/m0/s1. The number of hydrogen-bond donors (Lipinski definition) is 1. The van der Waals surface area contributed by atoms with Crippen LogP contribution in [-0.2, 0) is 28.8 Å². The highest BCUT2D eigenvalue weighted by Crippen LogP contribution is 2.35. The lowest BCUT2D eigenvalue weighted by Gasteiger charge is -2.24. The lowest BCUT2D eigenvalue weighted by Crippen LogP contribution is -2.34. The van der Waals surface area contributed by atoms with E-state index in [1.54, 1.807) is 78.9 Å². The van der Waals surface area contributed by atoms with Crippen molar-refractivity contribution in [2.75, 3.05) is 20.3 Å². The van der Waals surface area contributed by atoms with E-state index < -0.39 is 46.2 Å². The molecule has 9 nitrogen and oxygen atoms in total. The third-order valence-corrected chi connectivity index (χ3v) is 8.09. The Balaban J connectivity index is 1.58. The molecule has 1 heterocycles. The van der Waals surface area contributed by atoms with Crippen LogP contribution in [0.15, 0.2) is 107 Å². The molecule has 0 amide bonds. The van der Waals surface area contributed by atoms with E-state index in [0.717, 1.165) is 5.41 Å². The summed E-state index contributed by atoms with van der Waals surface area (Å²) in [5.41, 5.74) is 0.993. The van der Waals surface area contributed by atoms with Crippen LogP contribution in [0.2, 0.25) is 0 Å². The Morgan fingerprint density at radius 2 is 1.46 bits per heavy atom. The second-order valence-electron chi connectivity index (χ2n) is 9.40. The number of aliphatic hydroxyl groups excluding tert-OH is 1. The minimum absolute atomic E-state index is 0.0316. The van der Waals surface area contributed by atoms with Crippen LogP contribution in [0.25, 0.3) is 0 Å². The second-order valence-corrected chi connectivity index (χ2v) is 11.2. The molecular formula is C31H32O9S. The number of benzene rings is 3. The van der Waals surface area contributed by atoms with Crippen LogP contribution in [0.5, 0.6) is 0 Å². The summed E-state index contributed by atoms with van der Waals surface area (Å²) >= 11 is 0. The largest absolute Gasteiger partial charge is 0.458 e. The first-order valence-corrected chi connectivity index (χ1v) is 14.7. The van der Waals surface area contributed by atoms with E-state index in [9.17, 15) is 23.1 Å². The van der Waals surface area contributed by atoms with Gasteiger partial charge < -0.3 is 24.1 Å². The van der Waals surface area contributed by atoms with Crippen molar-refractivity contribution < 1.29 is 42.1 Å². The fourth-order valence-corrected chi connectivity index (χ4v) is 5.92. The van der Waals surface area contributed by atoms with Crippen LogP contribution in [0, 0.1) is 0 Å². The van der Waals surface area contributed by atoms with Crippen molar-refractivity contribution >= 4 is 21.8 Å². The molecule has 1 fully saturated rings. The predicted octanol–water partition coefficient (Wildman–Crippen LogP) is 3.98. The summed E-state index contributed by atoms with van der Waals surface area (Å²) < 4.78 is 49.4. The fraction of sp³-hybridized carbons (Fsp3) is 0.290. The topological polar surface area (TPSA) is 125 Å². The molecule has 0 radical (unpaired) electrons. The summed E-state index contributed by atoms with van der Waals surface area (Å²) in [5, 5.41) is 10.8. The molecule has 0 aliphatic carbocycles. The summed E-state index contributed by atoms with van der Waals surface area (Å²) in [6, 6.07) is 24.7. The van der Waals surface area contributed by atoms with E-state index >= 15 is 0 Å². The summed E-state index contributed by atoms with van der Waals surface area (Å²) in [4.78, 5) is 25.6. The Morgan fingerprint density at radius 3 is 2.02 bits per heavy atom. The van der Waals surface area contributed by atoms with Crippen molar-refractivity contribution in [2.45, 2.75) is 42.2 Å². The van der Waals surface area contributed by atoms with Gasteiger partial charge in [0.2, 0.25) is 0 Å². The van der Waals surface area contributed by atoms with Crippen LogP contribution in [0.4, 0.5) is 0 Å². The third-order valence-electron chi connectivity index (χ3n) is 6.57. The SMILES string of the molecule is CO[C@@H]1/C(=C\S(=O)(=O)c2ccccc2)[C@H](CCO)O[C@@H]1C[C@@H](COC(=O)c1ccccc1)OC(=O)c1ccccc1. The number of carbonyl (C=O) groups is 2. The van der Waals surface area contributed by atoms with Gasteiger partial charge in [-0.1, -0.05) is 54.6 Å². The van der Waals surface area contributed by atoms with E-state index in [2.05, 4.69) is 0 Å². The number of rotatable bonds is 12. The molecule has 3 aromatic carbocycles. The predicted molar refractivity (Wildman–Crippen MR) is 150 cm³/mol.